The molecular formula is C13H23N3O2. The summed E-state index contributed by atoms with van der Waals surface area (Å²) in [6.45, 7) is 9.42. The first-order chi connectivity index (χ1) is 8.37. The Balaban J connectivity index is 2.24. The van der Waals surface area contributed by atoms with Gasteiger partial charge in [-0.05, 0) is 31.7 Å². The second-order valence-corrected chi connectivity index (χ2v) is 6.30. The Kier molecular flexibility index (Phi) is 3.47. The maximum atomic E-state index is 5.50. The van der Waals surface area contributed by atoms with Crippen molar-refractivity contribution in [3.05, 3.63) is 11.7 Å². The Labute approximate surface area is 108 Å². The predicted octanol–water partition coefficient (Wildman–Crippen LogP) is 2.40. The Hall–Kier alpha value is -0.940. The van der Waals surface area contributed by atoms with Gasteiger partial charge in [-0.3, -0.25) is 0 Å². The van der Waals surface area contributed by atoms with Crippen LogP contribution in [0.4, 0.5) is 0 Å². The van der Waals surface area contributed by atoms with Gasteiger partial charge in [0.1, 0.15) is 6.10 Å². The van der Waals surface area contributed by atoms with Crippen molar-refractivity contribution in [2.45, 2.75) is 52.2 Å². The molecule has 2 rings (SSSR count). The van der Waals surface area contributed by atoms with E-state index >= 15 is 0 Å². The van der Waals surface area contributed by atoms with E-state index in [1.165, 1.54) is 0 Å². The lowest BCUT2D eigenvalue weighted by atomic mass is 9.88. The van der Waals surface area contributed by atoms with Crippen molar-refractivity contribution >= 4 is 0 Å². The van der Waals surface area contributed by atoms with Crippen LogP contribution in [0.25, 0.3) is 0 Å². The van der Waals surface area contributed by atoms with E-state index in [1.54, 1.807) is 7.11 Å². The Morgan fingerprint density at radius 3 is 2.67 bits per heavy atom. The van der Waals surface area contributed by atoms with Crippen LogP contribution in [0.5, 0.6) is 0 Å². The van der Waals surface area contributed by atoms with Gasteiger partial charge in [0.25, 0.3) is 0 Å². The Morgan fingerprint density at radius 1 is 1.44 bits per heavy atom. The molecule has 0 spiro atoms. The summed E-state index contributed by atoms with van der Waals surface area (Å²) in [4.78, 5) is 4.54. The number of ether oxygens (including phenoxy) is 1. The van der Waals surface area contributed by atoms with Crippen LogP contribution in [0, 0.1) is 5.41 Å². The number of hydrogen-bond donors (Lipinski definition) is 1. The smallest absolute Gasteiger partial charge is 0.246 e. The molecule has 1 saturated heterocycles. The predicted molar refractivity (Wildman–Crippen MR) is 68.1 cm³/mol. The second-order valence-electron chi connectivity index (χ2n) is 6.30. The van der Waals surface area contributed by atoms with E-state index in [4.69, 9.17) is 9.26 Å². The molecule has 0 radical (unpaired) electrons. The van der Waals surface area contributed by atoms with Crippen molar-refractivity contribution in [2.75, 3.05) is 13.7 Å². The first-order valence-corrected chi connectivity index (χ1v) is 6.49. The molecule has 2 unspecified atom stereocenters. The van der Waals surface area contributed by atoms with E-state index in [9.17, 15) is 0 Å². The summed E-state index contributed by atoms with van der Waals surface area (Å²) >= 11 is 0. The first-order valence-electron chi connectivity index (χ1n) is 6.49. The minimum atomic E-state index is -0.179. The quantitative estimate of drug-likeness (QED) is 0.896. The highest BCUT2D eigenvalue weighted by Crippen LogP contribution is 2.36. The number of aromatic nitrogens is 2. The summed E-state index contributed by atoms with van der Waals surface area (Å²) in [7, 11) is 1.68. The highest BCUT2D eigenvalue weighted by atomic mass is 16.5. The first kappa shape index (κ1) is 13.5. The standard InChI is InChI=1S/C13H23N3O2/c1-12(2,3)9(17-5)10-15-11(18-16-10)13(4)7-6-8-14-13/h9,14H,6-8H2,1-5H3. The fourth-order valence-corrected chi connectivity index (χ4v) is 2.49. The molecule has 1 N–H and O–H groups in total. The van der Waals surface area contributed by atoms with Crippen molar-refractivity contribution in [3.63, 3.8) is 0 Å². The molecule has 1 aromatic heterocycles. The van der Waals surface area contributed by atoms with Crippen molar-refractivity contribution in [2.24, 2.45) is 5.41 Å². The SMILES string of the molecule is COC(c1noc(C2(C)CCCN2)n1)C(C)(C)C. The van der Waals surface area contributed by atoms with Crippen molar-refractivity contribution in [1.82, 2.24) is 15.5 Å². The molecule has 1 aliphatic heterocycles. The molecule has 2 heterocycles. The van der Waals surface area contributed by atoms with E-state index < -0.39 is 0 Å². The summed E-state index contributed by atoms with van der Waals surface area (Å²) < 4.78 is 10.9. The van der Waals surface area contributed by atoms with Crippen LogP contribution in [-0.2, 0) is 10.3 Å². The normalized spacial score (nSPS) is 26.5. The minimum Gasteiger partial charge on any atom is -0.373 e. The average molecular weight is 253 g/mol. The molecule has 2 atom stereocenters. The fourth-order valence-electron chi connectivity index (χ4n) is 2.49. The summed E-state index contributed by atoms with van der Waals surface area (Å²) in [5.74, 6) is 1.30. The van der Waals surface area contributed by atoms with Gasteiger partial charge in [0, 0.05) is 7.11 Å². The van der Waals surface area contributed by atoms with Crippen LogP contribution in [0.15, 0.2) is 4.52 Å². The zero-order chi connectivity index (χ0) is 13.4. The highest BCUT2D eigenvalue weighted by molar-refractivity contribution is 5.06. The zero-order valence-corrected chi connectivity index (χ0v) is 11.9. The van der Waals surface area contributed by atoms with E-state index in [0.29, 0.717) is 11.7 Å². The summed E-state index contributed by atoms with van der Waals surface area (Å²) in [6.07, 6.45) is 2.02. The maximum Gasteiger partial charge on any atom is 0.246 e. The number of hydrogen-bond acceptors (Lipinski definition) is 5. The van der Waals surface area contributed by atoms with Crippen LogP contribution < -0.4 is 5.32 Å². The molecule has 1 fully saturated rings. The van der Waals surface area contributed by atoms with Gasteiger partial charge in [0.15, 0.2) is 0 Å². The fraction of sp³-hybridized carbons (Fsp3) is 0.846. The molecule has 1 aliphatic rings. The van der Waals surface area contributed by atoms with E-state index in [-0.39, 0.29) is 17.1 Å². The summed E-state index contributed by atoms with van der Waals surface area (Å²) in [6, 6.07) is 0. The van der Waals surface area contributed by atoms with Crippen molar-refractivity contribution in [3.8, 4) is 0 Å². The second kappa shape index (κ2) is 4.63. The van der Waals surface area contributed by atoms with Crippen LogP contribution in [0.2, 0.25) is 0 Å². The third-order valence-corrected chi connectivity index (χ3v) is 3.54. The monoisotopic (exact) mass is 253 g/mol. The maximum absolute atomic E-state index is 5.50. The van der Waals surface area contributed by atoms with Crippen LogP contribution in [0.1, 0.15) is 58.4 Å². The Morgan fingerprint density at radius 2 is 2.17 bits per heavy atom. The van der Waals surface area contributed by atoms with Crippen molar-refractivity contribution in [1.29, 1.82) is 0 Å². The average Bonchev–Trinajstić information content (AvgIpc) is 2.87. The molecule has 102 valence electrons. The topological polar surface area (TPSA) is 60.2 Å². The van der Waals surface area contributed by atoms with Gasteiger partial charge in [0.05, 0.1) is 5.54 Å². The number of methoxy groups -OCH3 is 1. The third-order valence-electron chi connectivity index (χ3n) is 3.54. The molecule has 0 saturated carbocycles. The summed E-state index contributed by atoms with van der Waals surface area (Å²) in [5.41, 5.74) is -0.235. The van der Waals surface area contributed by atoms with E-state index in [0.717, 1.165) is 19.4 Å². The molecule has 0 amide bonds. The van der Waals surface area contributed by atoms with Crippen molar-refractivity contribution < 1.29 is 9.26 Å². The minimum absolute atomic E-state index is 0.0557. The lowest BCUT2D eigenvalue weighted by Crippen LogP contribution is -2.33. The summed E-state index contributed by atoms with van der Waals surface area (Å²) in [5, 5.41) is 7.51. The molecule has 5 nitrogen and oxygen atoms in total. The van der Waals surface area contributed by atoms with E-state index in [1.807, 2.05) is 0 Å². The van der Waals surface area contributed by atoms with Crippen LogP contribution >= 0.6 is 0 Å². The molecule has 0 bridgehead atoms. The van der Waals surface area contributed by atoms with Gasteiger partial charge in [-0.1, -0.05) is 25.9 Å². The molecule has 0 aliphatic carbocycles. The van der Waals surface area contributed by atoms with Gasteiger partial charge in [-0.25, -0.2) is 0 Å². The van der Waals surface area contributed by atoms with Gasteiger partial charge in [0.2, 0.25) is 11.7 Å². The molecule has 1 aromatic rings. The molecular weight excluding hydrogens is 230 g/mol. The van der Waals surface area contributed by atoms with Gasteiger partial charge in [-0.15, -0.1) is 0 Å². The highest BCUT2D eigenvalue weighted by Gasteiger charge is 2.38. The third kappa shape index (κ3) is 2.42. The number of nitrogens with zero attached hydrogens (tertiary/aromatic N) is 2. The van der Waals surface area contributed by atoms with Crippen LogP contribution in [0.3, 0.4) is 0 Å². The zero-order valence-electron chi connectivity index (χ0n) is 11.9. The van der Waals surface area contributed by atoms with Gasteiger partial charge < -0.3 is 14.6 Å². The molecule has 18 heavy (non-hydrogen) atoms. The largest absolute Gasteiger partial charge is 0.373 e. The molecule has 5 heteroatoms. The Bertz CT molecular complexity index is 403. The number of rotatable bonds is 3. The molecule has 0 aromatic carbocycles. The van der Waals surface area contributed by atoms with Crippen LogP contribution in [-0.4, -0.2) is 23.8 Å². The van der Waals surface area contributed by atoms with Gasteiger partial charge >= 0.3 is 0 Å². The number of nitrogens with one attached hydrogen (secondary N) is 1. The van der Waals surface area contributed by atoms with Gasteiger partial charge in [-0.2, -0.15) is 4.98 Å². The van der Waals surface area contributed by atoms with E-state index in [2.05, 4.69) is 43.2 Å². The lowest BCUT2D eigenvalue weighted by Gasteiger charge is -2.26. The lowest BCUT2D eigenvalue weighted by molar-refractivity contribution is 0.00718.